The first-order chi connectivity index (χ1) is 6.76. The highest BCUT2D eigenvalue weighted by Crippen LogP contribution is 2.44. The lowest BCUT2D eigenvalue weighted by molar-refractivity contribution is 0.130. The molecule has 2 aliphatic rings. The highest BCUT2D eigenvalue weighted by atomic mass is 14.8. The molecule has 0 spiro atoms. The summed E-state index contributed by atoms with van der Waals surface area (Å²) in [6, 6.07) is 0. The van der Waals surface area contributed by atoms with E-state index in [-0.39, 0.29) is 5.54 Å². The fraction of sp³-hybridized carbons (Fsp3) is 1.00. The molecule has 2 N–H and O–H groups in total. The predicted octanol–water partition coefficient (Wildman–Crippen LogP) is 3.47. The van der Waals surface area contributed by atoms with E-state index in [9.17, 15) is 0 Å². The van der Waals surface area contributed by atoms with Crippen LogP contribution in [-0.2, 0) is 0 Å². The van der Waals surface area contributed by atoms with E-state index in [2.05, 4.69) is 6.92 Å². The van der Waals surface area contributed by atoms with Gasteiger partial charge in [0.25, 0.3) is 0 Å². The Kier molecular flexibility index (Phi) is 3.16. The standard InChI is InChI=1S/C13H25N/c1-2-11-7-3-4-8-12(11)13(14)9-5-6-10-13/h11-12H,2-10,14H2,1H3. The molecule has 1 nitrogen and oxygen atoms in total. The van der Waals surface area contributed by atoms with Gasteiger partial charge in [0.15, 0.2) is 0 Å². The molecule has 0 aliphatic heterocycles. The monoisotopic (exact) mass is 195 g/mol. The second-order valence-corrected chi connectivity index (χ2v) is 5.50. The summed E-state index contributed by atoms with van der Waals surface area (Å²) in [5.74, 6) is 1.79. The van der Waals surface area contributed by atoms with Crippen LogP contribution in [0.3, 0.4) is 0 Å². The van der Waals surface area contributed by atoms with Crippen LogP contribution in [0.5, 0.6) is 0 Å². The minimum Gasteiger partial charge on any atom is -0.325 e. The Morgan fingerprint density at radius 3 is 2.36 bits per heavy atom. The molecule has 2 saturated carbocycles. The minimum absolute atomic E-state index is 0.237. The zero-order chi connectivity index (χ0) is 10.0. The van der Waals surface area contributed by atoms with Gasteiger partial charge >= 0.3 is 0 Å². The largest absolute Gasteiger partial charge is 0.325 e. The van der Waals surface area contributed by atoms with Crippen molar-refractivity contribution in [3.05, 3.63) is 0 Å². The summed E-state index contributed by atoms with van der Waals surface area (Å²) >= 11 is 0. The lowest BCUT2D eigenvalue weighted by Crippen LogP contribution is -2.48. The molecule has 2 aliphatic carbocycles. The van der Waals surface area contributed by atoms with E-state index in [1.54, 1.807) is 0 Å². The molecule has 82 valence electrons. The van der Waals surface area contributed by atoms with Crippen molar-refractivity contribution in [1.29, 1.82) is 0 Å². The first kappa shape index (κ1) is 10.5. The summed E-state index contributed by atoms with van der Waals surface area (Å²) in [6.45, 7) is 2.35. The van der Waals surface area contributed by atoms with Gasteiger partial charge in [0, 0.05) is 5.54 Å². The molecule has 0 radical (unpaired) electrons. The lowest BCUT2D eigenvalue weighted by Gasteiger charge is -2.42. The van der Waals surface area contributed by atoms with Crippen LogP contribution in [0.25, 0.3) is 0 Å². The van der Waals surface area contributed by atoms with Crippen molar-refractivity contribution >= 4 is 0 Å². The molecule has 0 saturated heterocycles. The van der Waals surface area contributed by atoms with Crippen LogP contribution in [0.1, 0.15) is 64.7 Å². The fourth-order valence-corrected chi connectivity index (χ4v) is 3.86. The maximum Gasteiger partial charge on any atom is 0.0185 e. The molecule has 0 aromatic rings. The Bertz CT molecular complexity index is 182. The van der Waals surface area contributed by atoms with Crippen LogP contribution in [0, 0.1) is 11.8 Å². The molecule has 0 heterocycles. The molecule has 2 atom stereocenters. The highest BCUT2D eigenvalue weighted by Gasteiger charge is 2.41. The van der Waals surface area contributed by atoms with Crippen molar-refractivity contribution in [2.24, 2.45) is 17.6 Å². The molecular weight excluding hydrogens is 170 g/mol. The van der Waals surface area contributed by atoms with Gasteiger partial charge in [-0.25, -0.2) is 0 Å². The Morgan fingerprint density at radius 1 is 1.07 bits per heavy atom. The van der Waals surface area contributed by atoms with E-state index in [1.165, 1.54) is 57.8 Å². The van der Waals surface area contributed by atoms with Gasteiger partial charge in [-0.05, 0) is 31.1 Å². The third-order valence-corrected chi connectivity index (χ3v) is 4.71. The zero-order valence-corrected chi connectivity index (χ0v) is 9.60. The van der Waals surface area contributed by atoms with Gasteiger partial charge in [-0.2, -0.15) is 0 Å². The molecule has 2 unspecified atom stereocenters. The third kappa shape index (κ3) is 1.84. The van der Waals surface area contributed by atoms with Crippen molar-refractivity contribution in [2.45, 2.75) is 70.3 Å². The molecule has 1 heteroatoms. The number of rotatable bonds is 2. The van der Waals surface area contributed by atoms with Crippen LogP contribution in [-0.4, -0.2) is 5.54 Å². The van der Waals surface area contributed by atoms with Gasteiger partial charge in [0.2, 0.25) is 0 Å². The van der Waals surface area contributed by atoms with Crippen molar-refractivity contribution in [2.75, 3.05) is 0 Å². The molecule has 2 fully saturated rings. The molecule has 14 heavy (non-hydrogen) atoms. The Labute approximate surface area is 88.4 Å². The maximum absolute atomic E-state index is 6.60. The lowest BCUT2D eigenvalue weighted by atomic mass is 9.67. The van der Waals surface area contributed by atoms with E-state index < -0.39 is 0 Å². The molecule has 0 aromatic carbocycles. The minimum atomic E-state index is 0.237. The van der Waals surface area contributed by atoms with E-state index in [0.717, 1.165) is 11.8 Å². The summed E-state index contributed by atoms with van der Waals surface area (Å²) in [4.78, 5) is 0. The molecule has 0 amide bonds. The Morgan fingerprint density at radius 2 is 1.71 bits per heavy atom. The SMILES string of the molecule is CCC1CCCCC1C1(N)CCCC1. The quantitative estimate of drug-likeness (QED) is 0.717. The Balaban J connectivity index is 2.05. The zero-order valence-electron chi connectivity index (χ0n) is 9.60. The first-order valence-corrected chi connectivity index (χ1v) is 6.55. The van der Waals surface area contributed by atoms with Crippen LogP contribution < -0.4 is 5.73 Å². The van der Waals surface area contributed by atoms with Gasteiger partial charge in [-0.1, -0.05) is 45.4 Å². The number of nitrogens with two attached hydrogens (primary N) is 1. The van der Waals surface area contributed by atoms with Crippen molar-refractivity contribution in [3.63, 3.8) is 0 Å². The van der Waals surface area contributed by atoms with E-state index >= 15 is 0 Å². The smallest absolute Gasteiger partial charge is 0.0185 e. The normalized spacial score (nSPS) is 37.3. The van der Waals surface area contributed by atoms with Crippen LogP contribution in [0.4, 0.5) is 0 Å². The van der Waals surface area contributed by atoms with E-state index in [0.29, 0.717) is 0 Å². The summed E-state index contributed by atoms with van der Waals surface area (Å²) in [5, 5.41) is 0. The van der Waals surface area contributed by atoms with Gasteiger partial charge in [-0.15, -0.1) is 0 Å². The summed E-state index contributed by atoms with van der Waals surface area (Å²) < 4.78 is 0. The Hall–Kier alpha value is -0.0400. The molecular formula is C13H25N. The second kappa shape index (κ2) is 4.22. The van der Waals surface area contributed by atoms with Gasteiger partial charge in [0.05, 0.1) is 0 Å². The average molecular weight is 195 g/mol. The molecule has 0 aromatic heterocycles. The summed E-state index contributed by atoms with van der Waals surface area (Å²) in [5.41, 5.74) is 6.84. The molecule has 0 bridgehead atoms. The summed E-state index contributed by atoms with van der Waals surface area (Å²) in [7, 11) is 0. The predicted molar refractivity (Wildman–Crippen MR) is 61.1 cm³/mol. The first-order valence-electron chi connectivity index (χ1n) is 6.55. The van der Waals surface area contributed by atoms with Crippen molar-refractivity contribution < 1.29 is 0 Å². The molecule has 2 rings (SSSR count). The average Bonchev–Trinajstić information content (AvgIpc) is 2.66. The van der Waals surface area contributed by atoms with Gasteiger partial charge in [0.1, 0.15) is 0 Å². The van der Waals surface area contributed by atoms with Crippen molar-refractivity contribution in [1.82, 2.24) is 0 Å². The fourth-order valence-electron chi connectivity index (χ4n) is 3.86. The third-order valence-electron chi connectivity index (χ3n) is 4.71. The summed E-state index contributed by atoms with van der Waals surface area (Å²) in [6.07, 6.45) is 12.4. The van der Waals surface area contributed by atoms with Crippen LogP contribution in [0.15, 0.2) is 0 Å². The number of hydrogen-bond donors (Lipinski definition) is 1. The highest BCUT2D eigenvalue weighted by molar-refractivity contribution is 4.98. The topological polar surface area (TPSA) is 26.0 Å². The van der Waals surface area contributed by atoms with Crippen LogP contribution in [0.2, 0.25) is 0 Å². The van der Waals surface area contributed by atoms with Gasteiger partial charge in [-0.3, -0.25) is 0 Å². The van der Waals surface area contributed by atoms with Crippen molar-refractivity contribution in [3.8, 4) is 0 Å². The van der Waals surface area contributed by atoms with Crippen LogP contribution >= 0.6 is 0 Å². The number of hydrogen-bond acceptors (Lipinski definition) is 1. The maximum atomic E-state index is 6.60. The van der Waals surface area contributed by atoms with E-state index in [4.69, 9.17) is 5.73 Å². The van der Waals surface area contributed by atoms with Gasteiger partial charge < -0.3 is 5.73 Å². The van der Waals surface area contributed by atoms with E-state index in [1.807, 2.05) is 0 Å². The second-order valence-electron chi connectivity index (χ2n) is 5.50.